The lowest BCUT2D eigenvalue weighted by Crippen LogP contribution is -2.52. The average Bonchev–Trinajstić information content (AvgIpc) is 3.63. The highest BCUT2D eigenvalue weighted by atomic mass is 16.5. The number of rotatable bonds is 7. The Morgan fingerprint density at radius 3 is 2.75 bits per heavy atom. The summed E-state index contributed by atoms with van der Waals surface area (Å²) in [6.07, 6.45) is 5.11. The number of nitrogens with zero attached hydrogens (tertiary/aromatic N) is 5. The van der Waals surface area contributed by atoms with E-state index in [1.807, 2.05) is 12.3 Å². The van der Waals surface area contributed by atoms with Crippen LogP contribution < -0.4 is 19.7 Å². The van der Waals surface area contributed by atoms with Gasteiger partial charge in [0.2, 0.25) is 5.91 Å². The number of urea groups is 1. The highest BCUT2D eigenvalue weighted by Crippen LogP contribution is 2.31. The first-order valence-electron chi connectivity index (χ1n) is 12.3. The summed E-state index contributed by atoms with van der Waals surface area (Å²) >= 11 is 0. The van der Waals surface area contributed by atoms with E-state index in [1.54, 1.807) is 42.0 Å². The van der Waals surface area contributed by atoms with E-state index >= 15 is 0 Å². The number of carbonyl (C=O) groups excluding carboxylic acids is 2. The molecule has 6 rings (SSSR count). The Morgan fingerprint density at radius 2 is 2.00 bits per heavy atom. The van der Waals surface area contributed by atoms with Crippen molar-refractivity contribution in [3.63, 3.8) is 0 Å². The van der Waals surface area contributed by atoms with E-state index in [0.717, 1.165) is 30.7 Å². The van der Waals surface area contributed by atoms with Crippen molar-refractivity contribution >= 4 is 23.1 Å². The van der Waals surface area contributed by atoms with Gasteiger partial charge in [0.25, 0.3) is 0 Å². The summed E-state index contributed by atoms with van der Waals surface area (Å²) in [5, 5.41) is 8.02. The zero-order chi connectivity index (χ0) is 24.8. The number of fused-ring (bicyclic) bond motifs is 3. The number of anilines is 1. The second-order valence-corrected chi connectivity index (χ2v) is 9.66. The fraction of sp³-hybridized carbons (Fsp3) is 0.423. The van der Waals surface area contributed by atoms with Crippen LogP contribution in [0.4, 0.5) is 10.5 Å². The van der Waals surface area contributed by atoms with Crippen LogP contribution in [0.3, 0.4) is 0 Å². The minimum absolute atomic E-state index is 0.122. The molecule has 2 atom stereocenters. The third-order valence-electron chi connectivity index (χ3n) is 7.55. The van der Waals surface area contributed by atoms with Gasteiger partial charge in [0.05, 0.1) is 38.2 Å². The fourth-order valence-corrected chi connectivity index (χ4v) is 5.62. The molecule has 1 N–H and O–H groups in total. The Kier molecular flexibility index (Phi) is 5.77. The number of hydrogen-bond donors (Lipinski definition) is 1. The number of imide groups is 1. The smallest absolute Gasteiger partial charge is 0.331 e. The Hall–Kier alpha value is -3.63. The number of ether oxygens (including phenoxy) is 2. The van der Waals surface area contributed by atoms with Crippen molar-refractivity contribution in [1.29, 1.82) is 0 Å². The lowest BCUT2D eigenvalue weighted by Gasteiger charge is -2.34. The van der Waals surface area contributed by atoms with Crippen LogP contribution in [-0.2, 0) is 17.9 Å². The maximum absolute atomic E-state index is 13.6. The van der Waals surface area contributed by atoms with E-state index in [-0.39, 0.29) is 24.9 Å². The Bertz CT molecular complexity index is 1320. The number of likely N-dealkylation sites (tertiary alicyclic amines) is 1. The van der Waals surface area contributed by atoms with Crippen LogP contribution >= 0.6 is 0 Å². The van der Waals surface area contributed by atoms with E-state index in [2.05, 4.69) is 27.4 Å². The van der Waals surface area contributed by atoms with Crippen molar-refractivity contribution in [1.82, 2.24) is 24.7 Å². The minimum Gasteiger partial charge on any atom is -0.497 e. The molecule has 3 amide bonds. The third kappa shape index (κ3) is 3.96. The third-order valence-corrected chi connectivity index (χ3v) is 7.55. The molecule has 3 saturated heterocycles. The molecule has 3 aliphatic rings. The minimum atomic E-state index is -0.354. The molecule has 3 aromatic rings. The van der Waals surface area contributed by atoms with E-state index in [1.165, 1.54) is 16.9 Å². The average molecular weight is 491 g/mol. The number of hydrogen-bond acceptors (Lipinski definition) is 7. The maximum atomic E-state index is 13.6. The first-order valence-corrected chi connectivity index (χ1v) is 12.3. The number of amides is 3. The topological polar surface area (TPSA) is 91.6 Å². The number of methoxy groups -OCH3 is 2. The molecule has 0 radical (unpaired) electrons. The molecule has 3 aliphatic heterocycles. The monoisotopic (exact) mass is 490 g/mol. The van der Waals surface area contributed by atoms with E-state index in [0.29, 0.717) is 35.8 Å². The molecule has 0 unspecified atom stereocenters. The van der Waals surface area contributed by atoms with Crippen LogP contribution in [0.1, 0.15) is 24.0 Å². The Labute approximate surface area is 209 Å². The molecule has 36 heavy (non-hydrogen) atoms. The van der Waals surface area contributed by atoms with Crippen LogP contribution in [0.5, 0.6) is 11.5 Å². The predicted molar refractivity (Wildman–Crippen MR) is 133 cm³/mol. The molecule has 0 spiro atoms. The molecule has 188 valence electrons. The summed E-state index contributed by atoms with van der Waals surface area (Å²) in [6, 6.07) is 10.4. The lowest BCUT2D eigenvalue weighted by molar-refractivity contribution is -0.129. The van der Waals surface area contributed by atoms with Gasteiger partial charge < -0.3 is 14.8 Å². The van der Waals surface area contributed by atoms with Gasteiger partial charge in [-0.05, 0) is 36.2 Å². The van der Waals surface area contributed by atoms with Crippen LogP contribution in [0.2, 0.25) is 0 Å². The van der Waals surface area contributed by atoms with Crippen LogP contribution in [0.25, 0.3) is 5.52 Å². The molecule has 10 nitrogen and oxygen atoms in total. The fourth-order valence-electron chi connectivity index (χ4n) is 5.62. The van der Waals surface area contributed by atoms with Crippen molar-refractivity contribution in [2.45, 2.75) is 38.0 Å². The maximum Gasteiger partial charge on any atom is 0.331 e. The quantitative estimate of drug-likeness (QED) is 0.543. The molecular weight excluding hydrogens is 460 g/mol. The van der Waals surface area contributed by atoms with Gasteiger partial charge in [-0.25, -0.2) is 9.31 Å². The number of piperazine rings is 1. The van der Waals surface area contributed by atoms with Crippen LogP contribution in [0.15, 0.2) is 42.7 Å². The van der Waals surface area contributed by atoms with E-state index < -0.39 is 0 Å². The molecule has 2 aromatic heterocycles. The zero-order valence-electron chi connectivity index (χ0n) is 20.5. The van der Waals surface area contributed by atoms with Gasteiger partial charge in [-0.15, -0.1) is 0 Å². The standard InChI is InChI=1S/C26H30N6O4/c1-35-21-4-3-18(24(11-21)36-2)15-31-25(33)6-7-30(26(31)34)23-13-28-32-8-5-17(9-22(23)32)14-29-16-19-10-20(29)12-27-19/h3-5,8-9,11,13,19-20,27H,6-7,10,12,14-16H2,1-2H3/t19-,20-/m1/s1. The normalized spacial score (nSPS) is 22.2. The SMILES string of the molecule is COc1ccc(CN2C(=O)CCN(c3cnn4ccc(CN5C[C@H]6C[C@@H]5CN6)cc34)C2=O)c(OC)c1. The second-order valence-electron chi connectivity index (χ2n) is 9.66. The van der Waals surface area contributed by atoms with Gasteiger partial charge >= 0.3 is 6.03 Å². The molecule has 5 heterocycles. The van der Waals surface area contributed by atoms with Crippen molar-refractivity contribution in [3.8, 4) is 11.5 Å². The number of pyridine rings is 1. The first kappa shape index (κ1) is 22.8. The zero-order valence-corrected chi connectivity index (χ0v) is 20.5. The van der Waals surface area contributed by atoms with Gasteiger partial charge in [0.1, 0.15) is 11.5 Å². The number of aromatic nitrogens is 2. The van der Waals surface area contributed by atoms with Crippen molar-refractivity contribution in [3.05, 3.63) is 53.9 Å². The van der Waals surface area contributed by atoms with Gasteiger partial charge in [-0.1, -0.05) is 0 Å². The van der Waals surface area contributed by atoms with Crippen LogP contribution in [-0.4, -0.2) is 77.3 Å². The first-order chi connectivity index (χ1) is 17.5. The van der Waals surface area contributed by atoms with Crippen molar-refractivity contribution in [2.24, 2.45) is 0 Å². The van der Waals surface area contributed by atoms with Gasteiger partial charge in [0.15, 0.2) is 0 Å². The number of benzene rings is 1. The largest absolute Gasteiger partial charge is 0.497 e. The Morgan fingerprint density at radius 1 is 1.11 bits per heavy atom. The molecule has 0 aliphatic carbocycles. The summed E-state index contributed by atoms with van der Waals surface area (Å²) in [5.41, 5.74) is 3.50. The van der Waals surface area contributed by atoms with Crippen molar-refractivity contribution in [2.75, 3.05) is 38.8 Å². The summed E-state index contributed by atoms with van der Waals surface area (Å²) in [7, 11) is 3.14. The summed E-state index contributed by atoms with van der Waals surface area (Å²) < 4.78 is 12.5. The molecule has 3 fully saturated rings. The summed E-state index contributed by atoms with van der Waals surface area (Å²) in [5.74, 6) is 1.01. The molecule has 2 bridgehead atoms. The highest BCUT2D eigenvalue weighted by Gasteiger charge is 2.38. The van der Waals surface area contributed by atoms with Gasteiger partial charge in [-0.2, -0.15) is 5.10 Å². The Balaban J connectivity index is 1.25. The predicted octanol–water partition coefficient (Wildman–Crippen LogP) is 2.26. The second kappa shape index (κ2) is 9.11. The van der Waals surface area contributed by atoms with E-state index in [4.69, 9.17) is 9.47 Å². The number of nitrogens with one attached hydrogen (secondary N) is 1. The lowest BCUT2D eigenvalue weighted by atomic mass is 10.1. The summed E-state index contributed by atoms with van der Waals surface area (Å²) in [6.45, 7) is 3.44. The van der Waals surface area contributed by atoms with E-state index in [9.17, 15) is 9.59 Å². The molecule has 1 aromatic carbocycles. The van der Waals surface area contributed by atoms with Crippen LogP contribution in [0, 0.1) is 0 Å². The molecular formula is C26H30N6O4. The van der Waals surface area contributed by atoms with Crippen molar-refractivity contribution < 1.29 is 19.1 Å². The molecule has 10 heteroatoms. The van der Waals surface area contributed by atoms with Gasteiger partial charge in [-0.3, -0.25) is 19.5 Å². The summed E-state index contributed by atoms with van der Waals surface area (Å²) in [4.78, 5) is 31.8. The number of carbonyl (C=O) groups is 2. The van der Waals surface area contributed by atoms with Gasteiger partial charge in [0, 0.05) is 62.5 Å². The molecule has 0 saturated carbocycles. The highest BCUT2D eigenvalue weighted by molar-refractivity contribution is 6.07.